The Morgan fingerprint density at radius 3 is 2.35 bits per heavy atom. The van der Waals surface area contributed by atoms with Crippen LogP contribution >= 0.6 is 28.8 Å². The Balaban J connectivity index is 2.83. The Morgan fingerprint density at radius 2 is 1.83 bits per heavy atom. The van der Waals surface area contributed by atoms with Gasteiger partial charge >= 0.3 is 0 Å². The fourth-order valence-corrected chi connectivity index (χ4v) is 8.08. The van der Waals surface area contributed by atoms with Gasteiger partial charge in [-0.3, -0.25) is 0 Å². The van der Waals surface area contributed by atoms with Crippen LogP contribution in [0.3, 0.4) is 0 Å². The van der Waals surface area contributed by atoms with Crippen LogP contribution in [0, 0.1) is 5.82 Å². The van der Waals surface area contributed by atoms with Gasteiger partial charge in [0.15, 0.2) is 4.38 Å². The maximum Gasteiger partial charge on any atom is 0.254 e. The van der Waals surface area contributed by atoms with Crippen LogP contribution < -0.4 is 0 Å². The predicted molar refractivity (Wildman–Crippen MR) is 105 cm³/mol. The maximum atomic E-state index is 12.9. The molecule has 0 radical (unpaired) electrons. The van der Waals surface area contributed by atoms with Crippen molar-refractivity contribution in [3.8, 4) is 0 Å². The molecule has 0 fully saturated rings. The lowest BCUT2D eigenvalue weighted by atomic mass is 10.2. The number of nitrogens with zero attached hydrogens (tertiary/aromatic N) is 2. The molecular formula is C14H20FN2O2PS3. The first-order valence-electron chi connectivity index (χ1n) is 7.11. The largest absolute Gasteiger partial charge is 0.322 e. The monoisotopic (exact) mass is 394 g/mol. The molecule has 0 amide bonds. The smallest absolute Gasteiger partial charge is 0.254 e. The van der Waals surface area contributed by atoms with Crippen LogP contribution in [0.1, 0.15) is 26.3 Å². The normalized spacial score (nSPS) is 13.0. The molecular weight excluding hydrogens is 374 g/mol. The highest BCUT2D eigenvalue weighted by molar-refractivity contribution is 8.78. The third-order valence-corrected chi connectivity index (χ3v) is 8.58. The van der Waals surface area contributed by atoms with Crippen molar-refractivity contribution < 1.29 is 13.4 Å². The van der Waals surface area contributed by atoms with E-state index in [4.69, 9.17) is 20.9 Å². The van der Waals surface area contributed by atoms with Gasteiger partial charge in [-0.05, 0) is 60.5 Å². The Kier molecular flexibility index (Phi) is 10.3. The molecule has 0 N–H and O–H groups in total. The van der Waals surface area contributed by atoms with Crippen LogP contribution in [0.15, 0.2) is 34.5 Å². The summed E-state index contributed by atoms with van der Waals surface area (Å²) in [6.45, 7) is 6.78. The molecule has 1 aromatic carbocycles. The molecule has 4 nitrogen and oxygen atoms in total. The summed E-state index contributed by atoms with van der Waals surface area (Å²) in [5, 5.41) is 8.25. The van der Waals surface area contributed by atoms with Crippen molar-refractivity contribution >= 4 is 51.2 Å². The fourth-order valence-electron chi connectivity index (χ4n) is 1.39. The van der Waals surface area contributed by atoms with Gasteiger partial charge in [-0.15, -0.1) is 5.10 Å². The fraction of sp³-hybridized carbons (Fsp3) is 0.429. The van der Waals surface area contributed by atoms with Gasteiger partial charge in [0, 0.05) is 0 Å². The summed E-state index contributed by atoms with van der Waals surface area (Å²) >= 11 is 8.35. The first-order valence-corrected chi connectivity index (χ1v) is 12.2. The lowest BCUT2D eigenvalue weighted by Crippen LogP contribution is -1.95. The molecule has 1 aromatic rings. The minimum absolute atomic E-state index is 0.280. The van der Waals surface area contributed by atoms with Gasteiger partial charge in [0.05, 0.1) is 19.4 Å². The second-order valence-electron chi connectivity index (χ2n) is 3.97. The summed E-state index contributed by atoms with van der Waals surface area (Å²) < 4.78 is 24.8. The van der Waals surface area contributed by atoms with E-state index < -0.39 is 5.69 Å². The number of thioether (sulfide) groups is 1. The van der Waals surface area contributed by atoms with Crippen molar-refractivity contribution in [3.05, 3.63) is 35.6 Å². The van der Waals surface area contributed by atoms with Gasteiger partial charge < -0.3 is 9.05 Å². The maximum absolute atomic E-state index is 12.9. The summed E-state index contributed by atoms with van der Waals surface area (Å²) in [7, 11) is 0. The van der Waals surface area contributed by atoms with E-state index in [1.54, 1.807) is 18.3 Å². The molecule has 1 rings (SSSR count). The van der Waals surface area contributed by atoms with Crippen LogP contribution in [0.2, 0.25) is 0 Å². The third kappa shape index (κ3) is 8.42. The first-order chi connectivity index (χ1) is 11.0. The van der Waals surface area contributed by atoms with E-state index in [1.165, 1.54) is 35.3 Å². The highest BCUT2D eigenvalue weighted by Gasteiger charge is 2.22. The summed E-state index contributed by atoms with van der Waals surface area (Å²) in [4.78, 5) is 0. The molecule has 0 bridgehead atoms. The summed E-state index contributed by atoms with van der Waals surface area (Å²) in [6.07, 6.45) is 1.57. The molecule has 0 saturated heterocycles. The van der Waals surface area contributed by atoms with Crippen LogP contribution in [-0.4, -0.2) is 29.6 Å². The molecule has 0 aliphatic rings. The standard InChI is InChI=1S/C14H20FN2O2PS3/c1-4-18-20(21,19-5-2)23-14(22-6-3)17-16-11-12-7-9-13(15)10-8-12/h7-11H,4-6H2,1-3H3/b16-11+,17-14-. The van der Waals surface area contributed by atoms with Gasteiger partial charge in [-0.2, -0.15) is 5.10 Å². The predicted octanol–water partition coefficient (Wildman–Crippen LogP) is 5.30. The molecule has 9 heteroatoms. The molecule has 0 spiro atoms. The third-order valence-electron chi connectivity index (χ3n) is 2.25. The quantitative estimate of drug-likeness (QED) is 0.259. The van der Waals surface area contributed by atoms with Crippen molar-refractivity contribution in [3.63, 3.8) is 0 Å². The van der Waals surface area contributed by atoms with Gasteiger partial charge in [0.1, 0.15) is 5.82 Å². The second-order valence-corrected chi connectivity index (χ2v) is 11.6. The van der Waals surface area contributed by atoms with Gasteiger partial charge in [0.25, 0.3) is 5.69 Å². The molecule has 128 valence electrons. The van der Waals surface area contributed by atoms with Gasteiger partial charge in [-0.25, -0.2) is 4.39 Å². The zero-order chi connectivity index (χ0) is 17.1. The molecule has 0 saturated carbocycles. The van der Waals surface area contributed by atoms with Crippen LogP contribution in [0.25, 0.3) is 0 Å². The zero-order valence-corrected chi connectivity index (χ0v) is 16.6. The SMILES string of the molecule is CCOP(=S)(OCC)S/C(=N\N=C\c1ccc(F)cc1)SCC. The van der Waals surface area contributed by atoms with E-state index in [-0.39, 0.29) is 5.82 Å². The minimum Gasteiger partial charge on any atom is -0.322 e. The lowest BCUT2D eigenvalue weighted by Gasteiger charge is -2.19. The zero-order valence-electron chi connectivity index (χ0n) is 13.3. The van der Waals surface area contributed by atoms with Crippen molar-refractivity contribution in [2.24, 2.45) is 10.2 Å². The van der Waals surface area contributed by atoms with Crippen molar-refractivity contribution in [2.75, 3.05) is 19.0 Å². The van der Waals surface area contributed by atoms with Crippen LogP contribution in [0.5, 0.6) is 0 Å². The molecule has 0 heterocycles. The Morgan fingerprint density at radius 1 is 1.22 bits per heavy atom. The topological polar surface area (TPSA) is 43.2 Å². The number of halogens is 1. The van der Waals surface area contributed by atoms with E-state index in [0.29, 0.717) is 17.6 Å². The van der Waals surface area contributed by atoms with Crippen molar-refractivity contribution in [2.45, 2.75) is 20.8 Å². The molecule has 23 heavy (non-hydrogen) atoms. The number of benzene rings is 1. The Labute approximate surface area is 150 Å². The van der Waals surface area contributed by atoms with E-state index in [0.717, 1.165) is 11.3 Å². The lowest BCUT2D eigenvalue weighted by molar-refractivity contribution is 0.281. The highest BCUT2D eigenvalue weighted by Crippen LogP contribution is 2.62. The van der Waals surface area contributed by atoms with Gasteiger partial charge in [0.2, 0.25) is 0 Å². The number of hydrogen-bond donors (Lipinski definition) is 0. The summed E-state index contributed by atoms with van der Waals surface area (Å²) in [6, 6.07) is 6.04. The summed E-state index contributed by atoms with van der Waals surface area (Å²) in [5.41, 5.74) is -1.68. The molecule has 0 aliphatic heterocycles. The van der Waals surface area contributed by atoms with Gasteiger partial charge in [-0.1, -0.05) is 30.8 Å². The van der Waals surface area contributed by atoms with E-state index >= 15 is 0 Å². The Hall–Kier alpha value is -0.240. The highest BCUT2D eigenvalue weighted by atomic mass is 32.9. The summed E-state index contributed by atoms with van der Waals surface area (Å²) in [5.74, 6) is 0.559. The molecule has 0 unspecified atom stereocenters. The second kappa shape index (κ2) is 11.3. The van der Waals surface area contributed by atoms with Crippen LogP contribution in [0.4, 0.5) is 4.39 Å². The van der Waals surface area contributed by atoms with E-state index in [2.05, 4.69) is 10.2 Å². The average Bonchev–Trinajstić information content (AvgIpc) is 2.50. The van der Waals surface area contributed by atoms with Crippen LogP contribution in [-0.2, 0) is 20.9 Å². The Bertz CT molecular complexity index is 572. The molecule has 0 aromatic heterocycles. The van der Waals surface area contributed by atoms with E-state index in [9.17, 15) is 4.39 Å². The molecule has 0 atom stereocenters. The van der Waals surface area contributed by atoms with Crippen molar-refractivity contribution in [1.29, 1.82) is 0 Å². The average molecular weight is 394 g/mol. The van der Waals surface area contributed by atoms with E-state index in [1.807, 2.05) is 20.8 Å². The van der Waals surface area contributed by atoms with Crippen molar-refractivity contribution in [1.82, 2.24) is 0 Å². The molecule has 0 aliphatic carbocycles. The minimum atomic E-state index is -2.45. The number of hydrogen-bond acceptors (Lipinski definition) is 7. The number of rotatable bonds is 8. The first kappa shape index (κ1) is 20.8.